The lowest BCUT2D eigenvalue weighted by Gasteiger charge is -2.31. The summed E-state index contributed by atoms with van der Waals surface area (Å²) in [4.78, 5) is 21.2. The minimum absolute atomic E-state index is 0.116. The number of hydrogen-bond donors (Lipinski definition) is 1. The standard InChI is InChI=1S/C22H26N4O3S/c1-25(16-17-9-3-5-11-19(17)26-13-7-2-8-14-26)21(27)15-23-22-18-10-4-6-12-20(18)30(28,29)24-22/h3-6,9-12H,2,7-8,13-16H2,1H3,(H,23,24). The smallest absolute Gasteiger partial charge is 0.263 e. The number of nitrogens with one attached hydrogen (secondary N) is 1. The van der Waals surface area contributed by atoms with Gasteiger partial charge in [0, 0.05) is 37.9 Å². The molecular weight excluding hydrogens is 400 g/mol. The summed E-state index contributed by atoms with van der Waals surface area (Å²) in [5, 5.41) is 0. The average molecular weight is 427 g/mol. The maximum absolute atomic E-state index is 12.7. The van der Waals surface area contributed by atoms with Crippen molar-refractivity contribution < 1.29 is 13.2 Å². The Morgan fingerprint density at radius 1 is 1.07 bits per heavy atom. The minimum Gasteiger partial charge on any atom is -0.371 e. The molecule has 0 atom stereocenters. The van der Waals surface area contributed by atoms with Gasteiger partial charge in [0.15, 0.2) is 0 Å². The van der Waals surface area contributed by atoms with Crippen LogP contribution in [-0.2, 0) is 21.4 Å². The molecule has 158 valence electrons. The van der Waals surface area contributed by atoms with E-state index >= 15 is 0 Å². The molecule has 0 aliphatic carbocycles. The van der Waals surface area contributed by atoms with E-state index in [1.54, 1.807) is 30.1 Å². The molecule has 0 saturated carbocycles. The quantitative estimate of drug-likeness (QED) is 0.796. The van der Waals surface area contributed by atoms with Crippen LogP contribution in [-0.4, -0.2) is 51.7 Å². The molecule has 1 N–H and O–H groups in total. The summed E-state index contributed by atoms with van der Waals surface area (Å²) in [7, 11) is -1.85. The third kappa shape index (κ3) is 4.18. The molecule has 0 unspecified atom stereocenters. The molecule has 2 aromatic carbocycles. The summed E-state index contributed by atoms with van der Waals surface area (Å²) in [6, 6.07) is 14.8. The van der Waals surface area contributed by atoms with Crippen molar-refractivity contribution in [2.75, 3.05) is 31.6 Å². The van der Waals surface area contributed by atoms with Gasteiger partial charge in [-0.2, -0.15) is 0 Å². The van der Waals surface area contributed by atoms with E-state index in [0.29, 0.717) is 12.1 Å². The largest absolute Gasteiger partial charge is 0.371 e. The number of likely N-dealkylation sites (N-methyl/N-ethyl adjacent to an activating group) is 1. The number of rotatable bonds is 5. The number of carbonyl (C=O) groups is 1. The Bertz CT molecular complexity index is 1080. The van der Waals surface area contributed by atoms with Crippen LogP contribution in [0.3, 0.4) is 0 Å². The van der Waals surface area contributed by atoms with Gasteiger partial charge in [-0.15, -0.1) is 0 Å². The van der Waals surface area contributed by atoms with E-state index in [1.165, 1.54) is 31.0 Å². The van der Waals surface area contributed by atoms with Crippen LogP contribution in [0.2, 0.25) is 0 Å². The van der Waals surface area contributed by atoms with Crippen LogP contribution in [0.1, 0.15) is 30.4 Å². The summed E-state index contributed by atoms with van der Waals surface area (Å²) >= 11 is 0. The van der Waals surface area contributed by atoms with E-state index in [2.05, 4.69) is 26.7 Å². The van der Waals surface area contributed by atoms with Crippen LogP contribution in [0.4, 0.5) is 5.69 Å². The molecule has 0 radical (unpaired) electrons. The molecular formula is C22H26N4O3S. The molecule has 1 amide bonds. The van der Waals surface area contributed by atoms with Crippen molar-refractivity contribution in [1.82, 2.24) is 9.62 Å². The predicted molar refractivity (Wildman–Crippen MR) is 117 cm³/mol. The van der Waals surface area contributed by atoms with Crippen molar-refractivity contribution in [2.45, 2.75) is 30.7 Å². The lowest BCUT2D eigenvalue weighted by atomic mass is 10.1. The Morgan fingerprint density at radius 3 is 2.57 bits per heavy atom. The topological polar surface area (TPSA) is 82.1 Å². The van der Waals surface area contributed by atoms with E-state index in [0.717, 1.165) is 18.7 Å². The predicted octanol–water partition coefficient (Wildman–Crippen LogP) is 2.37. The molecule has 30 heavy (non-hydrogen) atoms. The molecule has 2 heterocycles. The van der Waals surface area contributed by atoms with Gasteiger partial charge in [-0.3, -0.25) is 14.5 Å². The summed E-state index contributed by atoms with van der Waals surface area (Å²) < 4.78 is 26.8. The second-order valence-electron chi connectivity index (χ2n) is 7.69. The second-order valence-corrected chi connectivity index (χ2v) is 9.34. The Balaban J connectivity index is 1.45. The molecule has 2 aromatic rings. The molecule has 2 aliphatic heterocycles. The monoisotopic (exact) mass is 426 g/mol. The van der Waals surface area contributed by atoms with E-state index < -0.39 is 10.0 Å². The van der Waals surface area contributed by atoms with Gasteiger partial charge in [0.25, 0.3) is 10.0 Å². The molecule has 7 nitrogen and oxygen atoms in total. The highest BCUT2D eigenvalue weighted by Gasteiger charge is 2.30. The van der Waals surface area contributed by atoms with Crippen LogP contribution >= 0.6 is 0 Å². The number of carbonyl (C=O) groups excluding carboxylic acids is 1. The number of amides is 1. The molecule has 4 rings (SSSR count). The SMILES string of the molecule is CN(Cc1ccccc1N1CCCCC1)C(=O)CN=C1NS(=O)(=O)c2ccccc21. The number of nitrogens with zero attached hydrogens (tertiary/aromatic N) is 3. The van der Waals surface area contributed by atoms with Crippen LogP contribution < -0.4 is 9.62 Å². The first-order chi connectivity index (χ1) is 14.5. The number of hydrogen-bond acceptors (Lipinski definition) is 5. The van der Waals surface area contributed by atoms with Crippen molar-refractivity contribution in [3.8, 4) is 0 Å². The number of fused-ring (bicyclic) bond motifs is 1. The van der Waals surface area contributed by atoms with Crippen LogP contribution in [0.15, 0.2) is 58.4 Å². The summed E-state index contributed by atoms with van der Waals surface area (Å²) in [6.07, 6.45) is 3.65. The summed E-state index contributed by atoms with van der Waals surface area (Å²) in [5.41, 5.74) is 2.79. The summed E-state index contributed by atoms with van der Waals surface area (Å²) in [5.74, 6) is 0.0561. The number of aliphatic imine (C=N–C) groups is 1. The van der Waals surface area contributed by atoms with Gasteiger partial charge in [-0.1, -0.05) is 30.3 Å². The minimum atomic E-state index is -3.60. The molecule has 0 spiro atoms. The second kappa shape index (κ2) is 8.47. The Morgan fingerprint density at radius 2 is 1.77 bits per heavy atom. The zero-order valence-electron chi connectivity index (χ0n) is 17.0. The fraction of sp³-hybridized carbons (Fsp3) is 0.364. The zero-order chi connectivity index (χ0) is 21.1. The van der Waals surface area contributed by atoms with E-state index in [4.69, 9.17) is 0 Å². The van der Waals surface area contributed by atoms with Crippen molar-refractivity contribution in [3.63, 3.8) is 0 Å². The van der Waals surface area contributed by atoms with Crippen LogP contribution in [0, 0.1) is 0 Å². The highest BCUT2D eigenvalue weighted by Crippen LogP contribution is 2.25. The molecule has 1 fully saturated rings. The highest BCUT2D eigenvalue weighted by atomic mass is 32.2. The molecule has 8 heteroatoms. The fourth-order valence-corrected chi connectivity index (χ4v) is 5.20. The first-order valence-electron chi connectivity index (χ1n) is 10.2. The van der Waals surface area contributed by atoms with Gasteiger partial charge in [-0.05, 0) is 43.0 Å². The number of para-hydroxylation sites is 1. The van der Waals surface area contributed by atoms with E-state index in [1.807, 2.05) is 12.1 Å². The van der Waals surface area contributed by atoms with Gasteiger partial charge in [0.1, 0.15) is 12.4 Å². The maximum atomic E-state index is 12.7. The van der Waals surface area contributed by atoms with Gasteiger partial charge >= 0.3 is 0 Å². The Hall–Kier alpha value is -2.87. The highest BCUT2D eigenvalue weighted by molar-refractivity contribution is 7.90. The fourth-order valence-electron chi connectivity index (χ4n) is 3.95. The molecule has 2 aliphatic rings. The molecule has 0 aromatic heterocycles. The summed E-state index contributed by atoms with van der Waals surface area (Å²) in [6.45, 7) is 2.46. The van der Waals surface area contributed by atoms with Gasteiger partial charge in [0.05, 0.1) is 4.90 Å². The van der Waals surface area contributed by atoms with Crippen LogP contribution in [0.5, 0.6) is 0 Å². The first-order valence-corrected chi connectivity index (χ1v) is 11.7. The van der Waals surface area contributed by atoms with Crippen molar-refractivity contribution in [2.24, 2.45) is 4.99 Å². The van der Waals surface area contributed by atoms with Crippen molar-refractivity contribution in [3.05, 3.63) is 59.7 Å². The lowest BCUT2D eigenvalue weighted by Crippen LogP contribution is -2.33. The number of piperidine rings is 1. The van der Waals surface area contributed by atoms with Crippen molar-refractivity contribution >= 4 is 27.5 Å². The molecule has 0 bridgehead atoms. The van der Waals surface area contributed by atoms with Gasteiger partial charge in [0.2, 0.25) is 5.91 Å². The van der Waals surface area contributed by atoms with Gasteiger partial charge in [-0.25, -0.2) is 8.42 Å². The lowest BCUT2D eigenvalue weighted by molar-refractivity contribution is -0.128. The Kier molecular flexibility index (Phi) is 5.76. The number of anilines is 1. The number of benzene rings is 2. The zero-order valence-corrected chi connectivity index (χ0v) is 17.9. The average Bonchev–Trinajstić information content (AvgIpc) is 3.03. The molecule has 1 saturated heterocycles. The number of sulfonamides is 1. The first kappa shape index (κ1) is 20.4. The third-order valence-electron chi connectivity index (χ3n) is 5.56. The third-order valence-corrected chi connectivity index (χ3v) is 6.95. The normalized spacial score (nSPS) is 18.7. The Labute approximate surface area is 177 Å². The van der Waals surface area contributed by atoms with Crippen molar-refractivity contribution in [1.29, 1.82) is 0 Å². The van der Waals surface area contributed by atoms with Gasteiger partial charge < -0.3 is 9.80 Å². The van der Waals surface area contributed by atoms with E-state index in [9.17, 15) is 13.2 Å². The maximum Gasteiger partial charge on any atom is 0.263 e. The van der Waals surface area contributed by atoms with Crippen LogP contribution in [0.25, 0.3) is 0 Å². The number of amidine groups is 1. The van der Waals surface area contributed by atoms with E-state index in [-0.39, 0.29) is 23.2 Å².